The lowest BCUT2D eigenvalue weighted by Crippen LogP contribution is -2.45. The summed E-state index contributed by atoms with van der Waals surface area (Å²) in [6.45, 7) is 7.63. The normalized spacial score (nSPS) is 31.1. The van der Waals surface area contributed by atoms with E-state index in [0.717, 1.165) is 50.6 Å². The van der Waals surface area contributed by atoms with Gasteiger partial charge in [-0.3, -0.25) is 4.79 Å². The van der Waals surface area contributed by atoms with Crippen LogP contribution in [-0.2, 0) is 4.79 Å². The van der Waals surface area contributed by atoms with Crippen molar-refractivity contribution in [1.29, 1.82) is 0 Å². The van der Waals surface area contributed by atoms with Crippen molar-refractivity contribution in [1.82, 2.24) is 4.90 Å². The van der Waals surface area contributed by atoms with Crippen LogP contribution in [0.1, 0.15) is 65.2 Å². The summed E-state index contributed by atoms with van der Waals surface area (Å²) in [5.74, 6) is 1.21. The first-order valence-electron chi connectivity index (χ1n) is 8.51. The van der Waals surface area contributed by atoms with Gasteiger partial charge in [0, 0.05) is 6.54 Å². The molecule has 0 spiro atoms. The van der Waals surface area contributed by atoms with E-state index < -0.39 is 11.4 Å². The Morgan fingerprint density at radius 1 is 1.20 bits per heavy atom. The Kier molecular flexibility index (Phi) is 5.48. The van der Waals surface area contributed by atoms with Gasteiger partial charge in [-0.15, -0.1) is 0 Å². The smallest absolute Gasteiger partial charge is 0.309 e. The van der Waals surface area contributed by atoms with Crippen LogP contribution < -0.4 is 0 Å². The average molecular weight is 281 g/mol. The molecule has 2 aliphatic rings. The van der Waals surface area contributed by atoms with Gasteiger partial charge in [-0.2, -0.15) is 0 Å². The second-order valence-corrected chi connectivity index (χ2v) is 7.26. The zero-order valence-corrected chi connectivity index (χ0v) is 13.2. The highest BCUT2D eigenvalue weighted by atomic mass is 16.4. The monoisotopic (exact) mass is 281 g/mol. The largest absolute Gasteiger partial charge is 0.481 e. The Morgan fingerprint density at radius 3 is 2.30 bits per heavy atom. The molecule has 0 unspecified atom stereocenters. The quantitative estimate of drug-likeness (QED) is 0.833. The van der Waals surface area contributed by atoms with Gasteiger partial charge in [0.05, 0.1) is 5.41 Å². The van der Waals surface area contributed by atoms with Gasteiger partial charge in [-0.05, 0) is 57.0 Å². The van der Waals surface area contributed by atoms with Crippen molar-refractivity contribution < 1.29 is 9.90 Å². The number of rotatable bonds is 5. The van der Waals surface area contributed by atoms with E-state index in [1.807, 2.05) is 0 Å². The minimum atomic E-state index is -0.564. The molecule has 0 bridgehead atoms. The van der Waals surface area contributed by atoms with Crippen molar-refractivity contribution in [3.8, 4) is 0 Å². The number of aliphatic carboxylic acids is 1. The fourth-order valence-electron chi connectivity index (χ4n) is 4.09. The van der Waals surface area contributed by atoms with Gasteiger partial charge in [0.25, 0.3) is 0 Å². The predicted molar refractivity (Wildman–Crippen MR) is 81.8 cm³/mol. The molecule has 0 aromatic heterocycles. The lowest BCUT2D eigenvalue weighted by molar-refractivity contribution is -0.152. The van der Waals surface area contributed by atoms with Gasteiger partial charge in [0.1, 0.15) is 0 Å². The second kappa shape index (κ2) is 6.93. The van der Waals surface area contributed by atoms with Crippen LogP contribution in [0.15, 0.2) is 0 Å². The maximum Gasteiger partial charge on any atom is 0.309 e. The molecule has 20 heavy (non-hydrogen) atoms. The van der Waals surface area contributed by atoms with Gasteiger partial charge < -0.3 is 10.0 Å². The summed E-state index contributed by atoms with van der Waals surface area (Å²) in [6.07, 6.45) is 9.02. The molecule has 3 nitrogen and oxygen atoms in total. The molecule has 1 saturated carbocycles. The van der Waals surface area contributed by atoms with E-state index in [4.69, 9.17) is 0 Å². The molecule has 1 aliphatic heterocycles. The number of hydrogen-bond acceptors (Lipinski definition) is 2. The third-order valence-electron chi connectivity index (χ3n) is 5.65. The van der Waals surface area contributed by atoms with Crippen molar-refractivity contribution in [3.63, 3.8) is 0 Å². The minimum absolute atomic E-state index is 0.424. The maximum atomic E-state index is 11.6. The number of nitrogens with zero attached hydrogens (tertiary/aromatic N) is 1. The van der Waals surface area contributed by atoms with E-state index in [9.17, 15) is 9.90 Å². The molecule has 0 radical (unpaired) electrons. The maximum absolute atomic E-state index is 11.6. The van der Waals surface area contributed by atoms with Crippen LogP contribution in [0, 0.1) is 17.3 Å². The van der Waals surface area contributed by atoms with E-state index in [1.165, 1.54) is 32.2 Å². The molecular formula is C17H31NO2. The summed E-state index contributed by atoms with van der Waals surface area (Å²) in [5, 5.41) is 9.54. The van der Waals surface area contributed by atoms with Crippen molar-refractivity contribution in [2.75, 3.05) is 19.6 Å². The molecular weight excluding hydrogens is 250 g/mol. The molecule has 0 aromatic carbocycles. The number of hydrogen-bond donors (Lipinski definition) is 1. The van der Waals surface area contributed by atoms with Gasteiger partial charge in [-0.25, -0.2) is 0 Å². The van der Waals surface area contributed by atoms with E-state index >= 15 is 0 Å². The molecule has 116 valence electrons. The molecule has 0 atom stereocenters. The molecule has 3 heteroatoms. The summed E-state index contributed by atoms with van der Waals surface area (Å²) in [7, 11) is 0. The zero-order valence-electron chi connectivity index (χ0n) is 13.2. The fraction of sp³-hybridized carbons (Fsp3) is 0.941. The Balaban J connectivity index is 1.80. The van der Waals surface area contributed by atoms with E-state index in [0.29, 0.717) is 0 Å². The van der Waals surface area contributed by atoms with Crippen LogP contribution in [-0.4, -0.2) is 35.6 Å². The van der Waals surface area contributed by atoms with Crippen molar-refractivity contribution in [2.45, 2.75) is 65.2 Å². The summed E-state index contributed by atoms with van der Waals surface area (Å²) < 4.78 is 0. The SMILES string of the molecule is CCCC1(C(=O)O)CCN(CC2CCC(C)CC2)CC1. The van der Waals surface area contributed by atoms with Crippen LogP contribution in [0.5, 0.6) is 0 Å². The Bertz CT molecular complexity index is 313. The minimum Gasteiger partial charge on any atom is -0.481 e. The van der Waals surface area contributed by atoms with Crippen molar-refractivity contribution in [3.05, 3.63) is 0 Å². The first-order valence-corrected chi connectivity index (χ1v) is 8.51. The van der Waals surface area contributed by atoms with E-state index in [-0.39, 0.29) is 0 Å². The highest BCUT2D eigenvalue weighted by Crippen LogP contribution is 2.37. The van der Waals surface area contributed by atoms with E-state index in [1.54, 1.807) is 0 Å². The van der Waals surface area contributed by atoms with Crippen LogP contribution in [0.3, 0.4) is 0 Å². The Labute approximate surface area is 123 Å². The molecule has 0 aromatic rings. The summed E-state index contributed by atoms with van der Waals surface area (Å²) in [5.41, 5.74) is -0.424. The first-order chi connectivity index (χ1) is 9.55. The summed E-state index contributed by atoms with van der Waals surface area (Å²) >= 11 is 0. The summed E-state index contributed by atoms with van der Waals surface area (Å²) in [4.78, 5) is 14.1. The van der Waals surface area contributed by atoms with Crippen LogP contribution in [0.2, 0.25) is 0 Å². The van der Waals surface area contributed by atoms with Gasteiger partial charge in [0.15, 0.2) is 0 Å². The predicted octanol–water partition coefficient (Wildman–Crippen LogP) is 3.78. The highest BCUT2D eigenvalue weighted by molar-refractivity contribution is 5.74. The number of carbonyl (C=O) groups is 1. The molecule has 1 saturated heterocycles. The molecule has 2 rings (SSSR count). The Hall–Kier alpha value is -0.570. The van der Waals surface area contributed by atoms with Crippen LogP contribution in [0.25, 0.3) is 0 Å². The lowest BCUT2D eigenvalue weighted by atomic mass is 9.74. The molecule has 1 heterocycles. The number of piperidine rings is 1. The number of likely N-dealkylation sites (tertiary alicyclic amines) is 1. The van der Waals surface area contributed by atoms with Gasteiger partial charge in [0.2, 0.25) is 0 Å². The van der Waals surface area contributed by atoms with Crippen molar-refractivity contribution >= 4 is 5.97 Å². The fourth-order valence-corrected chi connectivity index (χ4v) is 4.09. The van der Waals surface area contributed by atoms with Gasteiger partial charge >= 0.3 is 5.97 Å². The van der Waals surface area contributed by atoms with Gasteiger partial charge in [-0.1, -0.05) is 33.1 Å². The van der Waals surface area contributed by atoms with Crippen LogP contribution in [0.4, 0.5) is 0 Å². The molecule has 2 fully saturated rings. The number of carboxylic acid groups (broad SMARTS) is 1. The highest BCUT2D eigenvalue weighted by Gasteiger charge is 2.40. The third kappa shape index (κ3) is 3.75. The van der Waals surface area contributed by atoms with E-state index in [2.05, 4.69) is 18.7 Å². The summed E-state index contributed by atoms with van der Waals surface area (Å²) in [6, 6.07) is 0. The average Bonchev–Trinajstić information content (AvgIpc) is 2.44. The molecule has 1 aliphatic carbocycles. The standard InChI is InChI=1S/C17H31NO2/c1-3-8-17(16(19)20)9-11-18(12-10-17)13-15-6-4-14(2)5-7-15/h14-15H,3-13H2,1-2H3,(H,19,20). The molecule has 0 amide bonds. The van der Waals surface area contributed by atoms with Crippen molar-refractivity contribution in [2.24, 2.45) is 17.3 Å². The number of carboxylic acids is 1. The first kappa shape index (κ1) is 15.8. The zero-order chi connectivity index (χ0) is 14.6. The molecule has 1 N–H and O–H groups in total. The Morgan fingerprint density at radius 2 is 1.80 bits per heavy atom. The third-order valence-corrected chi connectivity index (χ3v) is 5.65. The van der Waals surface area contributed by atoms with Crippen LogP contribution >= 0.6 is 0 Å². The lowest BCUT2D eigenvalue weighted by Gasteiger charge is -2.40. The second-order valence-electron chi connectivity index (χ2n) is 7.26. The topological polar surface area (TPSA) is 40.5 Å².